The lowest BCUT2D eigenvalue weighted by Gasteiger charge is -2.16. The van der Waals surface area contributed by atoms with Crippen LogP contribution in [-0.2, 0) is 6.42 Å². The lowest BCUT2D eigenvalue weighted by Crippen LogP contribution is -2.12. The Hall–Kier alpha value is -0.970. The summed E-state index contributed by atoms with van der Waals surface area (Å²) in [7, 11) is 0. The van der Waals surface area contributed by atoms with Crippen LogP contribution in [0.15, 0.2) is 18.2 Å². The summed E-state index contributed by atoms with van der Waals surface area (Å²) in [6, 6.07) is 4.40. The molecule has 5 heteroatoms. The zero-order valence-corrected chi connectivity index (χ0v) is 12.2. The first-order valence-electron chi connectivity index (χ1n) is 6.65. The minimum absolute atomic E-state index is 0.383. The van der Waals surface area contributed by atoms with Crippen molar-refractivity contribution in [3.05, 3.63) is 39.7 Å². The predicted molar refractivity (Wildman–Crippen MR) is 76.0 cm³/mol. The lowest BCUT2D eigenvalue weighted by molar-refractivity contribution is -0.387. The summed E-state index contributed by atoms with van der Waals surface area (Å²) in [5, 5.41) is 10.7. The van der Waals surface area contributed by atoms with Crippen molar-refractivity contribution >= 4 is 21.6 Å². The molecular formula is C14H17BrFNO2. The molecule has 0 aliphatic heterocycles. The Kier molecular flexibility index (Phi) is 4.91. The van der Waals surface area contributed by atoms with Crippen molar-refractivity contribution in [2.45, 2.75) is 43.4 Å². The molecule has 0 saturated heterocycles. The van der Waals surface area contributed by atoms with Gasteiger partial charge in [0.05, 0.1) is 4.92 Å². The van der Waals surface area contributed by atoms with Gasteiger partial charge >= 0.3 is 5.69 Å². The van der Waals surface area contributed by atoms with Crippen molar-refractivity contribution in [1.82, 2.24) is 0 Å². The van der Waals surface area contributed by atoms with E-state index in [2.05, 4.69) is 15.9 Å². The molecule has 3 nitrogen and oxygen atoms in total. The average molecular weight is 330 g/mol. The molecule has 0 aromatic heterocycles. The standard InChI is InChI=1S/C14H17BrFNO2/c15-12(10-4-1-2-5-10)9-8-11-6-3-7-13(14(11)16)17(18)19/h3,6-7,10,12H,1-2,4-5,8-9H2. The van der Waals surface area contributed by atoms with E-state index in [4.69, 9.17) is 0 Å². The average Bonchev–Trinajstić information content (AvgIpc) is 2.90. The van der Waals surface area contributed by atoms with Gasteiger partial charge in [0, 0.05) is 10.9 Å². The largest absolute Gasteiger partial charge is 0.305 e. The number of alkyl halides is 1. The van der Waals surface area contributed by atoms with Gasteiger partial charge in [-0.25, -0.2) is 0 Å². The van der Waals surface area contributed by atoms with Crippen molar-refractivity contribution in [3.8, 4) is 0 Å². The number of nitrogens with zero attached hydrogens (tertiary/aromatic N) is 1. The van der Waals surface area contributed by atoms with E-state index in [0.717, 1.165) is 6.42 Å². The number of hydrogen-bond acceptors (Lipinski definition) is 2. The van der Waals surface area contributed by atoms with Crippen LogP contribution in [0.5, 0.6) is 0 Å². The highest BCUT2D eigenvalue weighted by Crippen LogP contribution is 2.34. The van der Waals surface area contributed by atoms with Crippen LogP contribution in [0.25, 0.3) is 0 Å². The number of rotatable bonds is 5. The zero-order chi connectivity index (χ0) is 13.8. The molecule has 0 amide bonds. The van der Waals surface area contributed by atoms with Crippen molar-refractivity contribution < 1.29 is 9.31 Å². The van der Waals surface area contributed by atoms with E-state index in [1.165, 1.54) is 31.7 Å². The predicted octanol–water partition coefficient (Wildman–Crippen LogP) is 4.62. The molecular weight excluding hydrogens is 313 g/mol. The maximum absolute atomic E-state index is 13.9. The highest BCUT2D eigenvalue weighted by molar-refractivity contribution is 9.09. The van der Waals surface area contributed by atoms with Crippen LogP contribution < -0.4 is 0 Å². The SMILES string of the molecule is O=[N+]([O-])c1cccc(CCC(Br)C2CCCC2)c1F. The first kappa shape index (κ1) is 14.4. The van der Waals surface area contributed by atoms with E-state index in [-0.39, 0.29) is 0 Å². The summed E-state index contributed by atoms with van der Waals surface area (Å²) in [6.45, 7) is 0. The molecule has 0 bridgehead atoms. The van der Waals surface area contributed by atoms with Crippen LogP contribution >= 0.6 is 15.9 Å². The fraction of sp³-hybridized carbons (Fsp3) is 0.571. The second-order valence-corrected chi connectivity index (χ2v) is 6.28. The Morgan fingerprint density at radius 2 is 2.11 bits per heavy atom. The van der Waals surface area contributed by atoms with E-state index in [0.29, 0.717) is 22.7 Å². The molecule has 0 N–H and O–H groups in total. The Bertz CT molecular complexity index is 461. The molecule has 104 valence electrons. The van der Waals surface area contributed by atoms with E-state index in [1.807, 2.05) is 0 Å². The molecule has 1 saturated carbocycles. The highest BCUT2D eigenvalue weighted by Gasteiger charge is 2.24. The topological polar surface area (TPSA) is 43.1 Å². The zero-order valence-electron chi connectivity index (χ0n) is 10.6. The fourth-order valence-corrected chi connectivity index (χ4v) is 3.51. The van der Waals surface area contributed by atoms with Crippen molar-refractivity contribution in [1.29, 1.82) is 0 Å². The van der Waals surface area contributed by atoms with Crippen molar-refractivity contribution in [2.75, 3.05) is 0 Å². The summed E-state index contributed by atoms with van der Waals surface area (Å²) in [4.78, 5) is 10.4. The summed E-state index contributed by atoms with van der Waals surface area (Å²) < 4.78 is 13.9. The molecule has 1 fully saturated rings. The van der Waals surface area contributed by atoms with Gasteiger partial charge in [-0.15, -0.1) is 0 Å². The summed E-state index contributed by atoms with van der Waals surface area (Å²) >= 11 is 3.68. The van der Waals surface area contributed by atoms with E-state index >= 15 is 0 Å². The summed E-state index contributed by atoms with van der Waals surface area (Å²) in [5.74, 6) is -0.0135. The number of nitro groups is 1. The van der Waals surface area contributed by atoms with Crippen molar-refractivity contribution in [2.24, 2.45) is 5.92 Å². The monoisotopic (exact) mass is 329 g/mol. The van der Waals surface area contributed by atoms with Gasteiger partial charge in [-0.1, -0.05) is 40.9 Å². The first-order valence-corrected chi connectivity index (χ1v) is 7.57. The normalized spacial score (nSPS) is 17.6. The van der Waals surface area contributed by atoms with Gasteiger partial charge in [0.25, 0.3) is 0 Å². The highest BCUT2D eigenvalue weighted by atomic mass is 79.9. The Morgan fingerprint density at radius 1 is 1.42 bits per heavy atom. The maximum atomic E-state index is 13.9. The Morgan fingerprint density at radius 3 is 2.74 bits per heavy atom. The molecule has 1 aromatic rings. The van der Waals surface area contributed by atoms with Crippen LogP contribution in [0.3, 0.4) is 0 Å². The maximum Gasteiger partial charge on any atom is 0.305 e. The molecule has 19 heavy (non-hydrogen) atoms. The summed E-state index contributed by atoms with van der Waals surface area (Å²) in [5.41, 5.74) is 0.0149. The van der Waals surface area contributed by atoms with Crippen LogP contribution in [0.1, 0.15) is 37.7 Å². The minimum atomic E-state index is -0.682. The third-order valence-electron chi connectivity index (χ3n) is 3.86. The molecule has 2 rings (SSSR count). The second kappa shape index (κ2) is 6.46. The second-order valence-electron chi connectivity index (χ2n) is 5.11. The number of hydrogen-bond donors (Lipinski definition) is 0. The molecule has 0 radical (unpaired) electrons. The smallest absolute Gasteiger partial charge is 0.258 e. The number of benzene rings is 1. The fourth-order valence-electron chi connectivity index (χ4n) is 2.75. The molecule has 0 heterocycles. The van der Waals surface area contributed by atoms with Crippen LogP contribution in [0.2, 0.25) is 0 Å². The van der Waals surface area contributed by atoms with E-state index in [1.54, 1.807) is 12.1 Å². The number of halogens is 2. The third-order valence-corrected chi connectivity index (χ3v) is 5.06. The van der Waals surface area contributed by atoms with Crippen LogP contribution in [0.4, 0.5) is 10.1 Å². The van der Waals surface area contributed by atoms with Gasteiger partial charge < -0.3 is 0 Å². The Labute approximate surface area is 120 Å². The van der Waals surface area contributed by atoms with Crippen molar-refractivity contribution in [3.63, 3.8) is 0 Å². The number of aryl methyl sites for hydroxylation is 1. The molecule has 1 unspecified atom stereocenters. The van der Waals surface area contributed by atoms with Gasteiger partial charge in [-0.05, 0) is 37.2 Å². The van der Waals surface area contributed by atoms with Gasteiger partial charge in [0.2, 0.25) is 5.82 Å². The molecule has 0 spiro atoms. The molecule has 1 aliphatic rings. The number of nitro benzene ring substituents is 1. The van der Waals surface area contributed by atoms with Gasteiger partial charge in [-0.2, -0.15) is 4.39 Å². The van der Waals surface area contributed by atoms with Crippen LogP contribution in [0, 0.1) is 21.8 Å². The first-order chi connectivity index (χ1) is 9.09. The van der Waals surface area contributed by atoms with Crippen LogP contribution in [-0.4, -0.2) is 9.75 Å². The molecule has 1 atom stereocenters. The molecule has 1 aliphatic carbocycles. The minimum Gasteiger partial charge on any atom is -0.258 e. The Balaban J connectivity index is 1.99. The van der Waals surface area contributed by atoms with Gasteiger partial charge in [0.1, 0.15) is 0 Å². The van der Waals surface area contributed by atoms with Gasteiger partial charge in [-0.3, -0.25) is 10.1 Å². The van der Waals surface area contributed by atoms with E-state index < -0.39 is 16.4 Å². The summed E-state index contributed by atoms with van der Waals surface area (Å²) in [6.07, 6.45) is 6.37. The third kappa shape index (κ3) is 3.53. The lowest BCUT2D eigenvalue weighted by atomic mass is 9.98. The van der Waals surface area contributed by atoms with Gasteiger partial charge in [0.15, 0.2) is 0 Å². The molecule has 1 aromatic carbocycles. The quantitative estimate of drug-likeness (QED) is 0.449. The van der Waals surface area contributed by atoms with E-state index in [9.17, 15) is 14.5 Å².